The highest BCUT2D eigenvalue weighted by Gasteiger charge is 2.52. The van der Waals surface area contributed by atoms with Crippen molar-refractivity contribution in [2.24, 2.45) is 0 Å². The van der Waals surface area contributed by atoms with Crippen LogP contribution < -0.4 is 10.1 Å². The first-order valence-corrected chi connectivity index (χ1v) is 6.34. The molecule has 0 bridgehead atoms. The molecule has 1 saturated carbocycles. The van der Waals surface area contributed by atoms with Gasteiger partial charge in [-0.25, -0.2) is 4.39 Å². The molecule has 1 saturated heterocycles. The van der Waals surface area contributed by atoms with Crippen LogP contribution in [-0.4, -0.2) is 19.7 Å². The van der Waals surface area contributed by atoms with Gasteiger partial charge in [0.2, 0.25) is 0 Å². The first kappa shape index (κ1) is 11.0. The predicted molar refractivity (Wildman–Crippen MR) is 64.9 cm³/mol. The van der Waals surface area contributed by atoms with Gasteiger partial charge in [0.1, 0.15) is 0 Å². The zero-order valence-corrected chi connectivity index (χ0v) is 10.1. The summed E-state index contributed by atoms with van der Waals surface area (Å²) in [6, 6.07) is 5.79. The molecule has 92 valence electrons. The summed E-state index contributed by atoms with van der Waals surface area (Å²) in [4.78, 5) is 0. The average molecular weight is 235 g/mol. The third-order valence-corrected chi connectivity index (χ3v) is 4.22. The van der Waals surface area contributed by atoms with Gasteiger partial charge in [0.05, 0.1) is 7.11 Å². The second-order valence-electron chi connectivity index (χ2n) is 5.13. The predicted octanol–water partition coefficient (Wildman–Crippen LogP) is 2.62. The lowest BCUT2D eigenvalue weighted by molar-refractivity contribution is 0.366. The molecule has 1 aliphatic carbocycles. The van der Waals surface area contributed by atoms with Crippen molar-refractivity contribution >= 4 is 0 Å². The molecule has 0 amide bonds. The van der Waals surface area contributed by atoms with E-state index in [2.05, 4.69) is 5.32 Å². The molecule has 2 nitrogen and oxygen atoms in total. The van der Waals surface area contributed by atoms with Crippen molar-refractivity contribution in [1.29, 1.82) is 0 Å². The first-order valence-electron chi connectivity index (χ1n) is 6.34. The number of nitrogens with one attached hydrogen (secondary N) is 1. The van der Waals surface area contributed by atoms with Crippen LogP contribution in [-0.2, 0) is 5.41 Å². The molecule has 1 heterocycles. The van der Waals surface area contributed by atoms with E-state index in [-0.39, 0.29) is 11.2 Å². The number of hydrogen-bond acceptors (Lipinski definition) is 2. The fourth-order valence-electron chi connectivity index (χ4n) is 3.20. The van der Waals surface area contributed by atoms with Gasteiger partial charge in [-0.05, 0) is 38.3 Å². The molecule has 1 atom stereocenters. The highest BCUT2D eigenvalue weighted by atomic mass is 19.1. The quantitative estimate of drug-likeness (QED) is 0.869. The van der Waals surface area contributed by atoms with Gasteiger partial charge >= 0.3 is 0 Å². The third-order valence-electron chi connectivity index (χ3n) is 4.22. The van der Waals surface area contributed by atoms with Crippen LogP contribution in [0.1, 0.15) is 31.2 Å². The SMILES string of the molecule is COc1c(F)cccc1C1(C2CCCN2)CC1. The number of rotatable bonds is 3. The normalized spacial score (nSPS) is 25.9. The zero-order chi connectivity index (χ0) is 11.9. The molecule has 2 aliphatic rings. The van der Waals surface area contributed by atoms with Gasteiger partial charge in [-0.2, -0.15) is 0 Å². The van der Waals surface area contributed by atoms with Crippen LogP contribution in [0, 0.1) is 5.82 Å². The van der Waals surface area contributed by atoms with Gasteiger partial charge in [-0.15, -0.1) is 0 Å². The molecule has 0 spiro atoms. The van der Waals surface area contributed by atoms with Gasteiger partial charge in [-0.3, -0.25) is 0 Å². The van der Waals surface area contributed by atoms with E-state index in [1.165, 1.54) is 18.9 Å². The minimum absolute atomic E-state index is 0.129. The molecule has 3 heteroatoms. The maximum atomic E-state index is 13.8. The lowest BCUT2D eigenvalue weighted by Crippen LogP contribution is -2.35. The Kier molecular flexibility index (Phi) is 2.58. The van der Waals surface area contributed by atoms with Crippen LogP contribution in [0.3, 0.4) is 0 Å². The lowest BCUT2D eigenvalue weighted by atomic mass is 9.86. The number of ether oxygens (including phenoxy) is 1. The van der Waals surface area contributed by atoms with Crippen molar-refractivity contribution in [2.45, 2.75) is 37.1 Å². The summed E-state index contributed by atoms with van der Waals surface area (Å²) in [5.74, 6) is 0.202. The first-order chi connectivity index (χ1) is 8.28. The van der Waals surface area contributed by atoms with Crippen LogP contribution in [0.2, 0.25) is 0 Å². The van der Waals surface area contributed by atoms with E-state index in [9.17, 15) is 4.39 Å². The molecule has 3 rings (SSSR count). The number of hydrogen-bond donors (Lipinski definition) is 1. The Morgan fingerprint density at radius 2 is 2.24 bits per heavy atom. The van der Waals surface area contributed by atoms with Crippen LogP contribution in [0.25, 0.3) is 0 Å². The van der Waals surface area contributed by atoms with E-state index in [1.807, 2.05) is 6.07 Å². The van der Waals surface area contributed by atoms with E-state index in [4.69, 9.17) is 4.74 Å². The molecule has 2 fully saturated rings. The molecule has 1 aromatic carbocycles. The molecular weight excluding hydrogens is 217 g/mol. The smallest absolute Gasteiger partial charge is 0.165 e. The minimum Gasteiger partial charge on any atom is -0.493 e. The number of methoxy groups -OCH3 is 1. The number of benzene rings is 1. The molecule has 0 radical (unpaired) electrons. The molecule has 1 aromatic rings. The fourth-order valence-corrected chi connectivity index (χ4v) is 3.20. The Morgan fingerprint density at radius 1 is 1.41 bits per heavy atom. The minimum atomic E-state index is -0.241. The van der Waals surface area contributed by atoms with Gasteiger partial charge in [-0.1, -0.05) is 12.1 Å². The topological polar surface area (TPSA) is 21.3 Å². The highest BCUT2D eigenvalue weighted by molar-refractivity contribution is 5.46. The van der Waals surface area contributed by atoms with Crippen molar-refractivity contribution in [3.05, 3.63) is 29.6 Å². The lowest BCUT2D eigenvalue weighted by Gasteiger charge is -2.25. The zero-order valence-electron chi connectivity index (χ0n) is 10.1. The average Bonchev–Trinajstić information content (AvgIpc) is 2.96. The van der Waals surface area contributed by atoms with Crippen LogP contribution >= 0.6 is 0 Å². The maximum absolute atomic E-state index is 13.8. The summed E-state index contributed by atoms with van der Waals surface area (Å²) in [5.41, 5.74) is 1.18. The second-order valence-corrected chi connectivity index (χ2v) is 5.13. The van der Waals surface area contributed by atoms with Crippen LogP contribution in [0.4, 0.5) is 4.39 Å². The van der Waals surface area contributed by atoms with Gasteiger partial charge < -0.3 is 10.1 Å². The van der Waals surface area contributed by atoms with Gasteiger partial charge in [0.15, 0.2) is 11.6 Å². The fraction of sp³-hybridized carbons (Fsp3) is 0.571. The number of para-hydroxylation sites is 1. The monoisotopic (exact) mass is 235 g/mol. The highest BCUT2D eigenvalue weighted by Crippen LogP contribution is 2.55. The maximum Gasteiger partial charge on any atom is 0.165 e. The molecule has 1 N–H and O–H groups in total. The largest absolute Gasteiger partial charge is 0.493 e. The molecular formula is C14H18FNO. The van der Waals surface area contributed by atoms with E-state index in [0.29, 0.717) is 11.8 Å². The van der Waals surface area contributed by atoms with E-state index in [0.717, 1.165) is 24.9 Å². The van der Waals surface area contributed by atoms with Gasteiger partial charge in [0.25, 0.3) is 0 Å². The van der Waals surface area contributed by atoms with Crippen molar-refractivity contribution in [3.63, 3.8) is 0 Å². The van der Waals surface area contributed by atoms with Crippen molar-refractivity contribution in [2.75, 3.05) is 13.7 Å². The number of halogens is 1. The summed E-state index contributed by atoms with van der Waals surface area (Å²) in [5, 5.41) is 3.55. The Morgan fingerprint density at radius 3 is 2.82 bits per heavy atom. The van der Waals surface area contributed by atoms with Crippen molar-refractivity contribution < 1.29 is 9.13 Å². The van der Waals surface area contributed by atoms with Crippen molar-refractivity contribution in [1.82, 2.24) is 5.32 Å². The second kappa shape index (κ2) is 3.98. The Balaban J connectivity index is 2.00. The summed E-state index contributed by atoms with van der Waals surface area (Å²) >= 11 is 0. The van der Waals surface area contributed by atoms with Crippen LogP contribution in [0.15, 0.2) is 18.2 Å². The summed E-state index contributed by atoms with van der Waals surface area (Å²) in [7, 11) is 1.56. The van der Waals surface area contributed by atoms with E-state index < -0.39 is 0 Å². The molecule has 1 unspecified atom stereocenters. The van der Waals surface area contributed by atoms with Crippen LogP contribution in [0.5, 0.6) is 5.75 Å². The summed E-state index contributed by atoms with van der Waals surface area (Å²) in [6.45, 7) is 1.09. The summed E-state index contributed by atoms with van der Waals surface area (Å²) < 4.78 is 19.0. The Hall–Kier alpha value is -1.09. The third kappa shape index (κ3) is 1.64. The molecule has 17 heavy (non-hydrogen) atoms. The summed E-state index contributed by atoms with van der Waals surface area (Å²) in [6.07, 6.45) is 4.71. The van der Waals surface area contributed by atoms with E-state index in [1.54, 1.807) is 13.2 Å². The van der Waals surface area contributed by atoms with E-state index >= 15 is 0 Å². The van der Waals surface area contributed by atoms with Crippen molar-refractivity contribution in [3.8, 4) is 5.75 Å². The van der Waals surface area contributed by atoms with Gasteiger partial charge in [0, 0.05) is 17.0 Å². The Bertz CT molecular complexity index is 422. The molecule has 0 aromatic heterocycles. The molecule has 1 aliphatic heterocycles. The Labute approximate surface area is 101 Å². The standard InChI is InChI=1S/C14H18FNO/c1-17-13-10(4-2-5-11(13)15)14(7-8-14)12-6-3-9-16-12/h2,4-5,12,16H,3,6-9H2,1H3.